The first-order valence-corrected chi connectivity index (χ1v) is 7.90. The lowest BCUT2D eigenvalue weighted by molar-refractivity contribution is 0.977. The molecule has 22 heavy (non-hydrogen) atoms. The molecule has 0 fully saturated rings. The topological polar surface area (TPSA) is 43.3 Å². The standard InChI is InChI=1S/C18H22ClN3/c1-4-13(5-2)9-17(19)15(6-3)16-12-22-8-7-21-18(22)10-14(16)11-20/h6-10,12H,3-5,11,20H2,1-2H3/b17-15-. The summed E-state index contributed by atoms with van der Waals surface area (Å²) in [4.78, 5) is 4.29. The number of hydrogen-bond donors (Lipinski definition) is 1. The summed E-state index contributed by atoms with van der Waals surface area (Å²) in [7, 11) is 0. The van der Waals surface area contributed by atoms with Gasteiger partial charge < -0.3 is 10.1 Å². The van der Waals surface area contributed by atoms with Crippen molar-refractivity contribution in [3.63, 3.8) is 0 Å². The van der Waals surface area contributed by atoms with Crippen molar-refractivity contribution >= 4 is 22.8 Å². The largest absolute Gasteiger partial charge is 0.326 e. The van der Waals surface area contributed by atoms with Crippen LogP contribution in [0.1, 0.15) is 37.8 Å². The van der Waals surface area contributed by atoms with E-state index in [4.69, 9.17) is 17.3 Å². The zero-order chi connectivity index (χ0) is 16.1. The van der Waals surface area contributed by atoms with E-state index in [-0.39, 0.29) is 0 Å². The number of fused-ring (bicyclic) bond motifs is 1. The molecule has 0 spiro atoms. The molecule has 2 N–H and O–H groups in total. The first-order valence-electron chi connectivity index (χ1n) is 7.52. The van der Waals surface area contributed by atoms with E-state index >= 15 is 0 Å². The Kier molecular flexibility index (Phi) is 5.58. The van der Waals surface area contributed by atoms with Crippen molar-refractivity contribution in [1.29, 1.82) is 0 Å². The molecule has 0 saturated carbocycles. The van der Waals surface area contributed by atoms with Gasteiger partial charge in [-0.3, -0.25) is 0 Å². The minimum Gasteiger partial charge on any atom is -0.326 e. The third kappa shape index (κ3) is 3.32. The van der Waals surface area contributed by atoms with Crippen LogP contribution in [0, 0.1) is 0 Å². The molecule has 2 aromatic heterocycles. The number of allylic oxidation sites excluding steroid dienone is 5. The summed E-state index contributed by atoms with van der Waals surface area (Å²) in [6.45, 7) is 8.62. The second-order valence-corrected chi connectivity index (χ2v) is 5.49. The van der Waals surface area contributed by atoms with Gasteiger partial charge in [0.2, 0.25) is 0 Å². The first-order chi connectivity index (χ1) is 10.6. The SMILES string of the molecule is C=C/C(=C(/Cl)C=C(CC)CC)c1cn2ccnc2cc1CN. The number of halogens is 1. The van der Waals surface area contributed by atoms with Gasteiger partial charge in [-0.05, 0) is 30.5 Å². The average molecular weight is 316 g/mol. The van der Waals surface area contributed by atoms with E-state index in [2.05, 4.69) is 25.4 Å². The van der Waals surface area contributed by atoms with Crippen LogP contribution in [0.5, 0.6) is 0 Å². The fourth-order valence-corrected chi connectivity index (χ4v) is 2.79. The van der Waals surface area contributed by atoms with Crippen LogP contribution in [-0.4, -0.2) is 9.38 Å². The Hall–Kier alpha value is -1.84. The average Bonchev–Trinajstić information content (AvgIpc) is 2.99. The van der Waals surface area contributed by atoms with Crippen molar-refractivity contribution in [2.45, 2.75) is 33.2 Å². The van der Waals surface area contributed by atoms with Crippen molar-refractivity contribution in [1.82, 2.24) is 9.38 Å². The van der Waals surface area contributed by atoms with Gasteiger partial charge in [0.15, 0.2) is 0 Å². The van der Waals surface area contributed by atoms with Gasteiger partial charge in [-0.2, -0.15) is 0 Å². The Balaban J connectivity index is 2.63. The minimum absolute atomic E-state index is 0.429. The Morgan fingerprint density at radius 2 is 2.14 bits per heavy atom. The minimum atomic E-state index is 0.429. The van der Waals surface area contributed by atoms with E-state index in [9.17, 15) is 0 Å². The van der Waals surface area contributed by atoms with Crippen molar-refractivity contribution < 1.29 is 0 Å². The highest BCUT2D eigenvalue weighted by atomic mass is 35.5. The maximum Gasteiger partial charge on any atom is 0.136 e. The molecule has 2 rings (SSSR count). The molecule has 0 unspecified atom stereocenters. The Morgan fingerprint density at radius 1 is 1.41 bits per heavy atom. The van der Waals surface area contributed by atoms with E-state index < -0.39 is 0 Å². The molecular weight excluding hydrogens is 294 g/mol. The molecule has 116 valence electrons. The highest BCUT2D eigenvalue weighted by Gasteiger charge is 2.11. The van der Waals surface area contributed by atoms with E-state index in [1.165, 1.54) is 5.57 Å². The van der Waals surface area contributed by atoms with Crippen LogP contribution < -0.4 is 5.73 Å². The fraction of sp³-hybridized carbons (Fsp3) is 0.278. The predicted octanol–water partition coefficient (Wildman–Crippen LogP) is 4.68. The van der Waals surface area contributed by atoms with E-state index in [0.29, 0.717) is 11.6 Å². The monoisotopic (exact) mass is 315 g/mol. The lowest BCUT2D eigenvalue weighted by atomic mass is 10.00. The molecule has 2 aromatic rings. The number of nitrogens with zero attached hydrogens (tertiary/aromatic N) is 2. The first kappa shape index (κ1) is 16.5. The normalized spacial score (nSPS) is 12.2. The highest BCUT2D eigenvalue weighted by Crippen LogP contribution is 2.28. The molecule has 0 amide bonds. The lowest BCUT2D eigenvalue weighted by Crippen LogP contribution is -2.03. The van der Waals surface area contributed by atoms with Crippen LogP contribution in [0.15, 0.2) is 54.0 Å². The van der Waals surface area contributed by atoms with E-state index in [1.807, 2.05) is 28.9 Å². The van der Waals surface area contributed by atoms with Crippen molar-refractivity contribution in [2.75, 3.05) is 0 Å². The molecule has 2 heterocycles. The summed E-state index contributed by atoms with van der Waals surface area (Å²) < 4.78 is 1.96. The highest BCUT2D eigenvalue weighted by molar-refractivity contribution is 6.35. The van der Waals surface area contributed by atoms with Gasteiger partial charge in [0, 0.05) is 41.3 Å². The second kappa shape index (κ2) is 7.43. The number of imidazole rings is 1. The number of nitrogens with two attached hydrogens (primary N) is 1. The Morgan fingerprint density at radius 3 is 2.73 bits per heavy atom. The Bertz CT molecular complexity index is 732. The Labute approximate surface area is 136 Å². The zero-order valence-electron chi connectivity index (χ0n) is 13.1. The maximum atomic E-state index is 6.55. The summed E-state index contributed by atoms with van der Waals surface area (Å²) >= 11 is 6.55. The summed E-state index contributed by atoms with van der Waals surface area (Å²) in [6, 6.07) is 1.99. The molecular formula is C18H22ClN3. The van der Waals surface area contributed by atoms with E-state index in [1.54, 1.807) is 12.3 Å². The fourth-order valence-electron chi connectivity index (χ4n) is 2.46. The van der Waals surface area contributed by atoms with Gasteiger partial charge in [-0.25, -0.2) is 4.98 Å². The summed E-state index contributed by atoms with van der Waals surface area (Å²) in [5, 5.41) is 0.697. The third-order valence-corrected chi connectivity index (χ3v) is 4.14. The van der Waals surface area contributed by atoms with Gasteiger partial charge in [0.05, 0.1) is 0 Å². The molecule has 0 bridgehead atoms. The predicted molar refractivity (Wildman–Crippen MR) is 94.7 cm³/mol. The summed E-state index contributed by atoms with van der Waals surface area (Å²) in [5.74, 6) is 0. The molecule has 0 atom stereocenters. The zero-order valence-corrected chi connectivity index (χ0v) is 13.9. The lowest BCUT2D eigenvalue weighted by Gasteiger charge is -2.12. The molecule has 3 nitrogen and oxygen atoms in total. The molecule has 4 heteroatoms. The third-order valence-electron chi connectivity index (χ3n) is 3.83. The smallest absolute Gasteiger partial charge is 0.136 e. The number of rotatable bonds is 6. The van der Waals surface area contributed by atoms with Crippen LogP contribution in [0.25, 0.3) is 11.2 Å². The van der Waals surface area contributed by atoms with Crippen molar-refractivity contribution in [3.8, 4) is 0 Å². The molecule has 0 saturated heterocycles. The number of aromatic nitrogens is 2. The van der Waals surface area contributed by atoms with Crippen molar-refractivity contribution in [3.05, 3.63) is 65.1 Å². The number of hydrogen-bond acceptors (Lipinski definition) is 2. The molecule has 0 aliphatic carbocycles. The van der Waals surface area contributed by atoms with Crippen LogP contribution in [0.3, 0.4) is 0 Å². The van der Waals surface area contributed by atoms with Gasteiger partial charge in [-0.15, -0.1) is 0 Å². The van der Waals surface area contributed by atoms with Crippen LogP contribution in [0.4, 0.5) is 0 Å². The molecule has 0 aliphatic heterocycles. The second-order valence-electron chi connectivity index (χ2n) is 5.08. The van der Waals surface area contributed by atoms with Gasteiger partial charge in [-0.1, -0.05) is 43.7 Å². The van der Waals surface area contributed by atoms with E-state index in [0.717, 1.165) is 35.2 Å². The van der Waals surface area contributed by atoms with Crippen LogP contribution >= 0.6 is 11.6 Å². The quantitative estimate of drug-likeness (QED) is 0.787. The summed E-state index contributed by atoms with van der Waals surface area (Å²) in [6.07, 6.45) is 11.5. The molecule has 0 aromatic carbocycles. The van der Waals surface area contributed by atoms with Gasteiger partial charge in [0.25, 0.3) is 0 Å². The summed E-state index contributed by atoms with van der Waals surface area (Å²) in [5.41, 5.74) is 11.0. The van der Waals surface area contributed by atoms with Crippen LogP contribution in [-0.2, 0) is 6.54 Å². The van der Waals surface area contributed by atoms with Crippen LogP contribution in [0.2, 0.25) is 0 Å². The molecule has 0 aliphatic rings. The van der Waals surface area contributed by atoms with Crippen molar-refractivity contribution in [2.24, 2.45) is 5.73 Å². The molecule has 0 radical (unpaired) electrons. The van der Waals surface area contributed by atoms with Gasteiger partial charge in [0.1, 0.15) is 5.65 Å². The maximum absolute atomic E-state index is 6.55. The number of pyridine rings is 1. The van der Waals surface area contributed by atoms with Gasteiger partial charge >= 0.3 is 0 Å².